The maximum atomic E-state index is 6.13. The highest BCUT2D eigenvalue weighted by Crippen LogP contribution is 2.43. The van der Waals surface area contributed by atoms with Gasteiger partial charge in [0.25, 0.3) is 0 Å². The van der Waals surface area contributed by atoms with Crippen molar-refractivity contribution in [1.82, 2.24) is 9.55 Å². The molecular formula is C36H20N2OS. The molecular weight excluding hydrogens is 508 g/mol. The molecule has 0 radical (unpaired) electrons. The monoisotopic (exact) mass is 528 g/mol. The van der Waals surface area contributed by atoms with Gasteiger partial charge in [0, 0.05) is 69.2 Å². The molecule has 0 saturated carbocycles. The second kappa shape index (κ2) is 7.32. The first-order chi connectivity index (χ1) is 19.8. The van der Waals surface area contributed by atoms with Crippen LogP contribution in [0.3, 0.4) is 0 Å². The number of aromatic nitrogens is 2. The van der Waals surface area contributed by atoms with Crippen molar-refractivity contribution in [2.24, 2.45) is 0 Å². The Labute approximate surface area is 231 Å². The van der Waals surface area contributed by atoms with Gasteiger partial charge < -0.3 is 14.0 Å². The quantitative estimate of drug-likeness (QED) is 0.226. The van der Waals surface area contributed by atoms with Gasteiger partial charge in [-0.3, -0.25) is 0 Å². The summed E-state index contributed by atoms with van der Waals surface area (Å²) < 4.78 is 11.2. The Kier molecular flexibility index (Phi) is 3.81. The van der Waals surface area contributed by atoms with Gasteiger partial charge in [-0.2, -0.15) is 0 Å². The van der Waals surface area contributed by atoms with Crippen molar-refractivity contribution in [1.29, 1.82) is 0 Å². The van der Waals surface area contributed by atoms with E-state index in [9.17, 15) is 0 Å². The molecule has 4 heteroatoms. The lowest BCUT2D eigenvalue weighted by Gasteiger charge is -2.08. The molecule has 3 nitrogen and oxygen atoms in total. The fourth-order valence-electron chi connectivity index (χ4n) is 6.71. The largest absolute Gasteiger partial charge is 0.456 e. The Morgan fingerprint density at radius 1 is 0.475 bits per heavy atom. The topological polar surface area (TPSA) is 33.9 Å². The molecule has 4 heterocycles. The Hall–Kier alpha value is -5.06. The number of hydrogen-bond acceptors (Lipinski definition) is 2. The van der Waals surface area contributed by atoms with Crippen LogP contribution in [0.1, 0.15) is 0 Å². The number of rotatable bonds is 1. The van der Waals surface area contributed by atoms with E-state index in [0.717, 1.165) is 27.6 Å². The summed E-state index contributed by atoms with van der Waals surface area (Å²) in [6.45, 7) is 0. The van der Waals surface area contributed by atoms with Crippen LogP contribution in [0.4, 0.5) is 0 Å². The predicted octanol–water partition coefficient (Wildman–Crippen LogP) is 10.7. The Balaban J connectivity index is 1.30. The zero-order chi connectivity index (χ0) is 25.9. The number of aromatic amines is 1. The van der Waals surface area contributed by atoms with Crippen LogP contribution >= 0.6 is 11.3 Å². The lowest BCUT2D eigenvalue weighted by molar-refractivity contribution is 0.669. The maximum absolute atomic E-state index is 6.13. The second-order valence-electron chi connectivity index (χ2n) is 10.7. The molecule has 10 aromatic rings. The fourth-order valence-corrected chi connectivity index (χ4v) is 7.86. The average Bonchev–Trinajstić information content (AvgIpc) is 3.73. The molecule has 0 spiro atoms. The summed E-state index contributed by atoms with van der Waals surface area (Å²) in [5, 5.41) is 10.0. The number of nitrogens with zero attached hydrogens (tertiary/aromatic N) is 1. The summed E-state index contributed by atoms with van der Waals surface area (Å²) >= 11 is 1.88. The molecule has 0 aliphatic rings. The summed E-state index contributed by atoms with van der Waals surface area (Å²) in [7, 11) is 0. The summed E-state index contributed by atoms with van der Waals surface area (Å²) in [5.74, 6) is 0. The van der Waals surface area contributed by atoms with Gasteiger partial charge in [0.1, 0.15) is 11.2 Å². The Morgan fingerprint density at radius 3 is 2.17 bits per heavy atom. The van der Waals surface area contributed by atoms with Crippen LogP contribution in [0.5, 0.6) is 0 Å². The molecule has 0 aliphatic carbocycles. The third-order valence-corrected chi connectivity index (χ3v) is 9.62. The average molecular weight is 529 g/mol. The summed E-state index contributed by atoms with van der Waals surface area (Å²) in [4.78, 5) is 3.63. The van der Waals surface area contributed by atoms with E-state index < -0.39 is 0 Å². The van der Waals surface area contributed by atoms with E-state index in [2.05, 4.69) is 113 Å². The number of furan rings is 1. The van der Waals surface area contributed by atoms with E-state index in [1.165, 1.54) is 63.8 Å². The molecule has 1 N–H and O–H groups in total. The van der Waals surface area contributed by atoms with Crippen LogP contribution in [-0.4, -0.2) is 9.55 Å². The highest BCUT2D eigenvalue weighted by molar-refractivity contribution is 7.26. The molecule has 0 unspecified atom stereocenters. The second-order valence-corrected chi connectivity index (χ2v) is 11.7. The summed E-state index contributed by atoms with van der Waals surface area (Å²) in [6, 6.07) is 41.7. The third-order valence-electron chi connectivity index (χ3n) is 8.51. The molecule has 0 saturated heterocycles. The first-order valence-corrected chi connectivity index (χ1v) is 14.3. The molecule has 10 rings (SSSR count). The molecule has 186 valence electrons. The van der Waals surface area contributed by atoms with Crippen LogP contribution in [0.25, 0.3) is 91.4 Å². The van der Waals surface area contributed by atoms with Crippen molar-refractivity contribution in [2.45, 2.75) is 0 Å². The van der Waals surface area contributed by atoms with Crippen LogP contribution in [0.15, 0.2) is 120 Å². The van der Waals surface area contributed by atoms with Crippen LogP contribution in [-0.2, 0) is 0 Å². The zero-order valence-electron chi connectivity index (χ0n) is 21.2. The van der Waals surface area contributed by atoms with Crippen LogP contribution < -0.4 is 0 Å². The number of hydrogen-bond donors (Lipinski definition) is 1. The van der Waals surface area contributed by atoms with Crippen molar-refractivity contribution in [3.8, 4) is 5.69 Å². The zero-order valence-corrected chi connectivity index (χ0v) is 22.0. The van der Waals surface area contributed by atoms with Gasteiger partial charge in [0.05, 0.1) is 11.0 Å². The molecule has 4 aromatic heterocycles. The van der Waals surface area contributed by atoms with E-state index in [-0.39, 0.29) is 0 Å². The number of fused-ring (bicyclic) bond motifs is 12. The predicted molar refractivity (Wildman–Crippen MR) is 170 cm³/mol. The van der Waals surface area contributed by atoms with Gasteiger partial charge in [-0.25, -0.2) is 0 Å². The van der Waals surface area contributed by atoms with Crippen LogP contribution in [0, 0.1) is 0 Å². The van der Waals surface area contributed by atoms with Crippen molar-refractivity contribution < 1.29 is 4.42 Å². The molecule has 0 amide bonds. The highest BCUT2D eigenvalue weighted by atomic mass is 32.1. The number of H-pyrrole nitrogens is 1. The molecule has 0 fully saturated rings. The lowest BCUT2D eigenvalue weighted by Crippen LogP contribution is -1.93. The number of nitrogens with one attached hydrogen (secondary N) is 1. The first kappa shape index (κ1) is 20.8. The molecule has 40 heavy (non-hydrogen) atoms. The van der Waals surface area contributed by atoms with Crippen LogP contribution in [0.2, 0.25) is 0 Å². The standard InChI is InChI=1S/C36H20N2OS/c1-4-10-29-21(7-1)24-18-35-28(17-30(24)37-29)27-16-25-22-8-2-5-11-31(22)38(32(25)19-36(27)40-35)20-13-14-34-26(15-20)23-9-3-6-12-33(23)39-34/h1-19,37H. The van der Waals surface area contributed by atoms with Gasteiger partial charge >= 0.3 is 0 Å². The minimum atomic E-state index is 0.917. The minimum Gasteiger partial charge on any atom is -0.456 e. The summed E-state index contributed by atoms with van der Waals surface area (Å²) in [5.41, 5.74) is 7.80. The molecule has 0 aliphatic heterocycles. The van der Waals surface area contributed by atoms with Gasteiger partial charge in [-0.1, -0.05) is 54.6 Å². The molecule has 0 bridgehead atoms. The smallest absolute Gasteiger partial charge is 0.135 e. The van der Waals surface area contributed by atoms with E-state index in [0.29, 0.717) is 0 Å². The van der Waals surface area contributed by atoms with Crippen molar-refractivity contribution in [3.05, 3.63) is 115 Å². The first-order valence-electron chi connectivity index (χ1n) is 13.5. The Morgan fingerprint density at radius 2 is 1.23 bits per heavy atom. The fraction of sp³-hybridized carbons (Fsp3) is 0. The van der Waals surface area contributed by atoms with Gasteiger partial charge in [-0.15, -0.1) is 11.3 Å². The lowest BCUT2D eigenvalue weighted by atomic mass is 10.1. The highest BCUT2D eigenvalue weighted by Gasteiger charge is 2.17. The van der Waals surface area contributed by atoms with E-state index in [1.54, 1.807) is 0 Å². The van der Waals surface area contributed by atoms with Gasteiger partial charge in [-0.05, 0) is 60.7 Å². The SMILES string of the molecule is c1ccc2c(c1)[nH]c1cc3c(cc12)sc1cc2c(cc13)c1ccccc1n2-c1ccc2oc3ccccc3c2c1. The van der Waals surface area contributed by atoms with Crippen molar-refractivity contribution in [2.75, 3.05) is 0 Å². The van der Waals surface area contributed by atoms with E-state index in [4.69, 9.17) is 4.42 Å². The summed E-state index contributed by atoms with van der Waals surface area (Å²) in [6.07, 6.45) is 0. The molecule has 6 aromatic carbocycles. The normalized spacial score (nSPS) is 12.5. The van der Waals surface area contributed by atoms with Gasteiger partial charge in [0.15, 0.2) is 0 Å². The Bertz CT molecular complexity index is 2660. The number of thiophene rings is 1. The third kappa shape index (κ3) is 2.63. The van der Waals surface area contributed by atoms with Gasteiger partial charge in [0.2, 0.25) is 0 Å². The maximum Gasteiger partial charge on any atom is 0.135 e. The van der Waals surface area contributed by atoms with Crippen molar-refractivity contribution in [3.63, 3.8) is 0 Å². The number of para-hydroxylation sites is 3. The molecule has 0 atom stereocenters. The van der Waals surface area contributed by atoms with E-state index in [1.807, 2.05) is 23.5 Å². The van der Waals surface area contributed by atoms with Crippen molar-refractivity contribution >= 4 is 97.1 Å². The van der Waals surface area contributed by atoms with E-state index >= 15 is 0 Å². The minimum absolute atomic E-state index is 0.917. The number of benzene rings is 6.